The van der Waals surface area contributed by atoms with Gasteiger partial charge in [0.15, 0.2) is 5.60 Å². The molecule has 1 heterocycles. The number of methoxy groups -OCH3 is 1. The van der Waals surface area contributed by atoms with E-state index in [9.17, 15) is 13.2 Å². The van der Waals surface area contributed by atoms with Crippen molar-refractivity contribution in [3.05, 3.63) is 29.6 Å². The minimum atomic E-state index is -2.54. The maximum atomic E-state index is 13.4. The van der Waals surface area contributed by atoms with E-state index in [1.54, 1.807) is 13.8 Å². The van der Waals surface area contributed by atoms with Crippen LogP contribution in [-0.4, -0.2) is 25.7 Å². The van der Waals surface area contributed by atoms with E-state index in [2.05, 4.69) is 0 Å². The van der Waals surface area contributed by atoms with Crippen molar-refractivity contribution in [1.29, 1.82) is 0 Å². The van der Waals surface area contributed by atoms with Crippen LogP contribution in [0.3, 0.4) is 0 Å². The number of epoxide rings is 1. The van der Waals surface area contributed by atoms with Crippen molar-refractivity contribution in [2.24, 2.45) is 0 Å². The highest BCUT2D eigenvalue weighted by Gasteiger charge is 2.56. The average Bonchev–Trinajstić information content (AvgIpc) is 3.09. The molecule has 0 radical (unpaired) electrons. The zero-order valence-corrected chi connectivity index (χ0v) is 11.2. The molecule has 1 saturated heterocycles. The molecule has 1 aromatic rings. The number of ether oxygens (including phenoxy) is 2. The summed E-state index contributed by atoms with van der Waals surface area (Å²) in [5, 5.41) is 0. The van der Waals surface area contributed by atoms with Gasteiger partial charge >= 0.3 is 0 Å². The highest BCUT2D eigenvalue weighted by Crippen LogP contribution is 2.46. The summed E-state index contributed by atoms with van der Waals surface area (Å²) in [4.78, 5) is 0. The summed E-state index contributed by atoms with van der Waals surface area (Å²) in [5.74, 6) is 0.0863. The molecule has 1 unspecified atom stereocenters. The lowest BCUT2D eigenvalue weighted by Crippen LogP contribution is -2.32. The van der Waals surface area contributed by atoms with Gasteiger partial charge in [-0.15, -0.1) is 0 Å². The Morgan fingerprint density at radius 1 is 1.42 bits per heavy atom. The summed E-state index contributed by atoms with van der Waals surface area (Å²) in [6.45, 7) is 3.62. The second-order valence-corrected chi connectivity index (χ2v) is 5.56. The van der Waals surface area contributed by atoms with Gasteiger partial charge in [0.25, 0.3) is 6.43 Å². The van der Waals surface area contributed by atoms with Crippen LogP contribution in [0.2, 0.25) is 0 Å². The van der Waals surface area contributed by atoms with E-state index in [0.717, 1.165) is 0 Å². The largest absolute Gasteiger partial charge is 0.496 e. The Morgan fingerprint density at radius 3 is 2.53 bits per heavy atom. The lowest BCUT2D eigenvalue weighted by atomic mass is 9.76. The molecule has 1 aliphatic rings. The van der Waals surface area contributed by atoms with Gasteiger partial charge in [0.2, 0.25) is 0 Å². The summed E-state index contributed by atoms with van der Waals surface area (Å²) in [6, 6.07) is 4.13. The standard InChI is InChI=1S/C14H17F3O2/c1-13(2,7-14(8-19-14)12(16)17)10-6-9(15)4-5-11(10)18-3/h4-6,12H,7-8H2,1-3H3. The maximum Gasteiger partial charge on any atom is 0.269 e. The molecule has 2 nitrogen and oxygen atoms in total. The molecule has 1 fully saturated rings. The van der Waals surface area contributed by atoms with Crippen LogP contribution >= 0.6 is 0 Å². The van der Waals surface area contributed by atoms with Crippen molar-refractivity contribution in [1.82, 2.24) is 0 Å². The predicted molar refractivity (Wildman–Crippen MR) is 65.3 cm³/mol. The lowest BCUT2D eigenvalue weighted by Gasteiger charge is -2.29. The molecule has 0 aromatic heterocycles. The molecular formula is C14H17F3O2. The van der Waals surface area contributed by atoms with Gasteiger partial charge in [0.1, 0.15) is 11.6 Å². The minimum Gasteiger partial charge on any atom is -0.496 e. The number of rotatable bonds is 5. The molecule has 1 atom stereocenters. The van der Waals surface area contributed by atoms with Crippen molar-refractivity contribution in [2.75, 3.05) is 13.7 Å². The molecule has 5 heteroatoms. The highest BCUT2D eigenvalue weighted by molar-refractivity contribution is 5.40. The van der Waals surface area contributed by atoms with Gasteiger partial charge in [0.05, 0.1) is 13.7 Å². The molecule has 0 amide bonds. The number of hydrogen-bond acceptors (Lipinski definition) is 2. The maximum absolute atomic E-state index is 13.4. The molecule has 1 aromatic carbocycles. The van der Waals surface area contributed by atoms with Gasteiger partial charge < -0.3 is 9.47 Å². The van der Waals surface area contributed by atoms with Crippen LogP contribution in [0.1, 0.15) is 25.8 Å². The number of benzene rings is 1. The first kappa shape index (κ1) is 14.2. The zero-order chi connectivity index (χ0) is 14.3. The van der Waals surface area contributed by atoms with Crippen LogP contribution in [0.4, 0.5) is 13.2 Å². The van der Waals surface area contributed by atoms with E-state index < -0.39 is 23.3 Å². The molecule has 2 rings (SSSR count). The van der Waals surface area contributed by atoms with Gasteiger partial charge in [-0.05, 0) is 30.0 Å². The van der Waals surface area contributed by atoms with Crippen molar-refractivity contribution >= 4 is 0 Å². The minimum absolute atomic E-state index is 0.0473. The van der Waals surface area contributed by atoms with Crippen molar-refractivity contribution in [3.63, 3.8) is 0 Å². The molecule has 19 heavy (non-hydrogen) atoms. The van der Waals surface area contributed by atoms with E-state index in [1.165, 1.54) is 25.3 Å². The van der Waals surface area contributed by atoms with Gasteiger partial charge in [0, 0.05) is 5.56 Å². The number of halogens is 3. The summed E-state index contributed by atoms with van der Waals surface area (Å²) in [5.41, 5.74) is -1.48. The monoisotopic (exact) mass is 274 g/mol. The summed E-state index contributed by atoms with van der Waals surface area (Å²) < 4.78 is 49.4. The SMILES string of the molecule is COc1ccc(F)cc1C(C)(C)CC1(C(F)F)CO1. The van der Waals surface area contributed by atoms with E-state index >= 15 is 0 Å². The molecule has 0 N–H and O–H groups in total. The van der Waals surface area contributed by atoms with Crippen LogP contribution in [0.25, 0.3) is 0 Å². The third kappa shape index (κ3) is 2.71. The van der Waals surface area contributed by atoms with E-state index in [0.29, 0.717) is 11.3 Å². The Morgan fingerprint density at radius 2 is 2.05 bits per heavy atom. The normalized spacial score (nSPS) is 22.7. The molecule has 0 spiro atoms. The second kappa shape index (κ2) is 4.71. The smallest absolute Gasteiger partial charge is 0.269 e. The summed E-state index contributed by atoms with van der Waals surface area (Å²) in [7, 11) is 1.48. The van der Waals surface area contributed by atoms with Crippen molar-refractivity contribution < 1.29 is 22.6 Å². The van der Waals surface area contributed by atoms with E-state index in [1.807, 2.05) is 0 Å². The third-order valence-corrected chi connectivity index (χ3v) is 3.54. The Hall–Kier alpha value is -1.23. The molecule has 0 bridgehead atoms. The van der Waals surface area contributed by atoms with Crippen LogP contribution in [0, 0.1) is 5.82 Å². The summed E-state index contributed by atoms with van der Waals surface area (Å²) in [6.07, 6.45) is -2.41. The van der Waals surface area contributed by atoms with E-state index in [-0.39, 0.29) is 13.0 Å². The zero-order valence-electron chi connectivity index (χ0n) is 11.2. The van der Waals surface area contributed by atoms with Crippen molar-refractivity contribution in [3.8, 4) is 5.75 Å². The van der Waals surface area contributed by atoms with Gasteiger partial charge in [-0.1, -0.05) is 13.8 Å². The fourth-order valence-corrected chi connectivity index (χ4v) is 2.45. The average molecular weight is 274 g/mol. The predicted octanol–water partition coefficient (Wildman–Crippen LogP) is 3.54. The van der Waals surface area contributed by atoms with Crippen LogP contribution < -0.4 is 4.74 Å². The van der Waals surface area contributed by atoms with Crippen LogP contribution in [0.15, 0.2) is 18.2 Å². The number of hydrogen-bond donors (Lipinski definition) is 0. The molecule has 1 aliphatic heterocycles. The van der Waals surface area contributed by atoms with Crippen LogP contribution in [-0.2, 0) is 10.2 Å². The van der Waals surface area contributed by atoms with Gasteiger partial charge in [-0.2, -0.15) is 0 Å². The van der Waals surface area contributed by atoms with Gasteiger partial charge in [-0.3, -0.25) is 0 Å². The Bertz CT molecular complexity index is 468. The van der Waals surface area contributed by atoms with Gasteiger partial charge in [-0.25, -0.2) is 13.2 Å². The van der Waals surface area contributed by atoms with E-state index in [4.69, 9.17) is 9.47 Å². The second-order valence-electron chi connectivity index (χ2n) is 5.56. The first-order valence-electron chi connectivity index (χ1n) is 6.07. The number of alkyl halides is 2. The molecule has 0 aliphatic carbocycles. The quantitative estimate of drug-likeness (QED) is 0.766. The summed E-state index contributed by atoms with van der Waals surface area (Å²) >= 11 is 0. The fourth-order valence-electron chi connectivity index (χ4n) is 2.45. The Labute approximate surface area is 110 Å². The van der Waals surface area contributed by atoms with Crippen molar-refractivity contribution in [2.45, 2.75) is 37.7 Å². The molecule has 106 valence electrons. The lowest BCUT2D eigenvalue weighted by molar-refractivity contribution is 0.0310. The first-order chi connectivity index (χ1) is 8.81. The first-order valence-corrected chi connectivity index (χ1v) is 6.07. The Kier molecular flexibility index (Phi) is 3.51. The molecule has 0 saturated carbocycles. The fraction of sp³-hybridized carbons (Fsp3) is 0.571. The van der Waals surface area contributed by atoms with Crippen LogP contribution in [0.5, 0.6) is 5.75 Å². The molecular weight excluding hydrogens is 257 g/mol. The third-order valence-electron chi connectivity index (χ3n) is 3.54. The highest BCUT2D eigenvalue weighted by atomic mass is 19.3. The Balaban J connectivity index is 2.31. The topological polar surface area (TPSA) is 21.8 Å².